The zero-order valence-corrected chi connectivity index (χ0v) is 15.0. The Kier molecular flexibility index (Phi) is 6.83. The van der Waals surface area contributed by atoms with E-state index >= 15 is 0 Å². The highest BCUT2D eigenvalue weighted by atomic mass is 35.5. The van der Waals surface area contributed by atoms with Gasteiger partial charge in [-0.15, -0.1) is 11.6 Å². The minimum absolute atomic E-state index is 0.126. The van der Waals surface area contributed by atoms with Crippen molar-refractivity contribution >= 4 is 34.8 Å². The summed E-state index contributed by atoms with van der Waals surface area (Å²) >= 11 is 5.61. The van der Waals surface area contributed by atoms with Crippen LogP contribution in [0.3, 0.4) is 0 Å². The number of hydrogen-bond donors (Lipinski definition) is 2. The summed E-state index contributed by atoms with van der Waals surface area (Å²) in [6.45, 7) is 1.86. The van der Waals surface area contributed by atoms with Crippen molar-refractivity contribution in [2.24, 2.45) is 0 Å². The van der Waals surface area contributed by atoms with E-state index in [1.165, 1.54) is 7.11 Å². The van der Waals surface area contributed by atoms with Crippen molar-refractivity contribution in [3.63, 3.8) is 0 Å². The van der Waals surface area contributed by atoms with Gasteiger partial charge in [-0.05, 0) is 37.1 Å². The van der Waals surface area contributed by atoms with Gasteiger partial charge in [0.2, 0.25) is 5.91 Å². The van der Waals surface area contributed by atoms with Crippen LogP contribution in [0, 0.1) is 6.92 Å². The first-order valence-corrected chi connectivity index (χ1v) is 8.49. The molecule has 2 N–H and O–H groups in total. The molecule has 0 saturated carbocycles. The smallest absolute Gasteiger partial charge is 0.255 e. The third-order valence-electron chi connectivity index (χ3n) is 3.64. The van der Waals surface area contributed by atoms with E-state index in [-0.39, 0.29) is 11.8 Å². The van der Waals surface area contributed by atoms with Crippen molar-refractivity contribution in [2.45, 2.75) is 19.8 Å². The first-order chi connectivity index (χ1) is 12.0. The molecule has 0 aliphatic carbocycles. The standard InChI is InChI=1S/C19H21ClN2O3/c1-13-11-16(21-18(23)9-6-10-20)17(25-2)12-15(13)22-19(24)14-7-4-3-5-8-14/h3-5,7-8,11-12H,6,9-10H2,1-2H3,(H,21,23)(H,22,24). The number of methoxy groups -OCH3 is 1. The van der Waals surface area contributed by atoms with Crippen LogP contribution in [0.25, 0.3) is 0 Å². The van der Waals surface area contributed by atoms with Gasteiger partial charge in [0.25, 0.3) is 5.91 Å². The number of aryl methyl sites for hydroxylation is 1. The Morgan fingerprint density at radius 1 is 1.08 bits per heavy atom. The minimum Gasteiger partial charge on any atom is -0.494 e. The molecule has 5 nitrogen and oxygen atoms in total. The number of alkyl halides is 1. The lowest BCUT2D eigenvalue weighted by molar-refractivity contribution is -0.116. The van der Waals surface area contributed by atoms with Crippen molar-refractivity contribution in [3.8, 4) is 5.75 Å². The van der Waals surface area contributed by atoms with Gasteiger partial charge in [0.1, 0.15) is 5.75 Å². The molecule has 0 spiro atoms. The summed E-state index contributed by atoms with van der Waals surface area (Å²) in [7, 11) is 1.52. The Hall–Kier alpha value is -2.53. The topological polar surface area (TPSA) is 67.4 Å². The highest BCUT2D eigenvalue weighted by molar-refractivity contribution is 6.18. The van der Waals surface area contributed by atoms with Gasteiger partial charge in [-0.2, -0.15) is 0 Å². The van der Waals surface area contributed by atoms with Crippen LogP contribution < -0.4 is 15.4 Å². The summed E-state index contributed by atoms with van der Waals surface area (Å²) in [5, 5.41) is 5.68. The summed E-state index contributed by atoms with van der Waals surface area (Å²) in [6, 6.07) is 12.4. The maximum Gasteiger partial charge on any atom is 0.255 e. The fraction of sp³-hybridized carbons (Fsp3) is 0.263. The lowest BCUT2D eigenvalue weighted by Gasteiger charge is -2.15. The molecule has 132 valence electrons. The average molecular weight is 361 g/mol. The van der Waals surface area contributed by atoms with Gasteiger partial charge in [-0.3, -0.25) is 9.59 Å². The third-order valence-corrected chi connectivity index (χ3v) is 3.91. The number of nitrogens with one attached hydrogen (secondary N) is 2. The largest absolute Gasteiger partial charge is 0.494 e. The molecule has 0 atom stereocenters. The van der Waals surface area contributed by atoms with Crippen LogP contribution in [0.1, 0.15) is 28.8 Å². The number of hydrogen-bond acceptors (Lipinski definition) is 3. The molecule has 0 aliphatic rings. The Balaban J connectivity index is 2.18. The summed E-state index contributed by atoms with van der Waals surface area (Å²) < 4.78 is 5.34. The molecular weight excluding hydrogens is 340 g/mol. The fourth-order valence-corrected chi connectivity index (χ4v) is 2.45. The molecule has 0 unspecified atom stereocenters. The maximum absolute atomic E-state index is 12.3. The van der Waals surface area contributed by atoms with E-state index in [1.54, 1.807) is 24.3 Å². The van der Waals surface area contributed by atoms with Crippen molar-refractivity contribution in [1.82, 2.24) is 0 Å². The van der Waals surface area contributed by atoms with Gasteiger partial charge in [0.05, 0.1) is 12.8 Å². The van der Waals surface area contributed by atoms with Gasteiger partial charge in [0.15, 0.2) is 0 Å². The number of carbonyl (C=O) groups is 2. The molecule has 0 fully saturated rings. The SMILES string of the molecule is COc1cc(NC(=O)c2ccccc2)c(C)cc1NC(=O)CCCCl. The molecule has 0 aliphatic heterocycles. The summed E-state index contributed by atoms with van der Waals surface area (Å²) in [5.41, 5.74) is 2.58. The summed E-state index contributed by atoms with van der Waals surface area (Å²) in [4.78, 5) is 24.2. The molecule has 2 rings (SSSR count). The molecular formula is C19H21ClN2O3. The average Bonchev–Trinajstić information content (AvgIpc) is 2.62. The predicted molar refractivity (Wildman–Crippen MR) is 101 cm³/mol. The molecule has 0 aromatic heterocycles. The number of rotatable bonds is 7. The highest BCUT2D eigenvalue weighted by Crippen LogP contribution is 2.31. The van der Waals surface area contributed by atoms with Crippen LogP contribution in [0.2, 0.25) is 0 Å². The van der Waals surface area contributed by atoms with E-state index in [4.69, 9.17) is 16.3 Å². The van der Waals surface area contributed by atoms with Crippen molar-refractivity contribution in [2.75, 3.05) is 23.6 Å². The van der Waals surface area contributed by atoms with E-state index < -0.39 is 0 Å². The lowest BCUT2D eigenvalue weighted by atomic mass is 10.1. The van der Waals surface area contributed by atoms with E-state index in [2.05, 4.69) is 10.6 Å². The highest BCUT2D eigenvalue weighted by Gasteiger charge is 2.13. The number of amides is 2. The van der Waals surface area contributed by atoms with E-state index in [0.29, 0.717) is 41.4 Å². The van der Waals surface area contributed by atoms with Gasteiger partial charge >= 0.3 is 0 Å². The van der Waals surface area contributed by atoms with Crippen LogP contribution in [0.4, 0.5) is 11.4 Å². The van der Waals surface area contributed by atoms with Crippen LogP contribution in [-0.2, 0) is 4.79 Å². The second-order valence-electron chi connectivity index (χ2n) is 5.53. The third kappa shape index (κ3) is 5.22. The molecule has 0 saturated heterocycles. The minimum atomic E-state index is -0.204. The maximum atomic E-state index is 12.3. The zero-order valence-electron chi connectivity index (χ0n) is 14.3. The van der Waals surface area contributed by atoms with Gasteiger partial charge in [-0.1, -0.05) is 18.2 Å². The Labute approximate surface area is 152 Å². The van der Waals surface area contributed by atoms with Gasteiger partial charge < -0.3 is 15.4 Å². The molecule has 2 aromatic carbocycles. The Morgan fingerprint density at radius 2 is 1.80 bits per heavy atom. The summed E-state index contributed by atoms with van der Waals surface area (Å²) in [5.74, 6) is 0.589. The molecule has 6 heteroatoms. The molecule has 25 heavy (non-hydrogen) atoms. The molecule has 2 aromatic rings. The van der Waals surface area contributed by atoms with E-state index in [0.717, 1.165) is 5.56 Å². The Bertz CT molecular complexity index is 748. The number of benzene rings is 2. The number of halogens is 1. The Morgan fingerprint density at radius 3 is 2.44 bits per heavy atom. The summed E-state index contributed by atoms with van der Waals surface area (Å²) in [6.07, 6.45) is 0.956. The second kappa shape index (κ2) is 9.08. The van der Waals surface area contributed by atoms with E-state index in [9.17, 15) is 9.59 Å². The normalized spacial score (nSPS) is 10.2. The first-order valence-electron chi connectivity index (χ1n) is 7.96. The molecule has 0 bridgehead atoms. The van der Waals surface area contributed by atoms with Crippen LogP contribution in [-0.4, -0.2) is 24.8 Å². The molecule has 0 heterocycles. The van der Waals surface area contributed by atoms with Gasteiger partial charge in [-0.25, -0.2) is 0 Å². The van der Waals surface area contributed by atoms with Crippen LogP contribution in [0.5, 0.6) is 5.75 Å². The van der Waals surface area contributed by atoms with Crippen LogP contribution >= 0.6 is 11.6 Å². The van der Waals surface area contributed by atoms with Crippen molar-refractivity contribution in [3.05, 3.63) is 53.6 Å². The van der Waals surface area contributed by atoms with Crippen molar-refractivity contribution < 1.29 is 14.3 Å². The number of anilines is 2. The predicted octanol–water partition coefficient (Wildman–Crippen LogP) is 4.21. The lowest BCUT2D eigenvalue weighted by Crippen LogP contribution is -2.15. The molecule has 0 radical (unpaired) electrons. The zero-order chi connectivity index (χ0) is 18.2. The number of ether oxygens (including phenoxy) is 1. The van der Waals surface area contributed by atoms with Crippen LogP contribution in [0.15, 0.2) is 42.5 Å². The first kappa shape index (κ1) is 18.8. The second-order valence-corrected chi connectivity index (χ2v) is 5.91. The monoisotopic (exact) mass is 360 g/mol. The number of carbonyl (C=O) groups excluding carboxylic acids is 2. The molecule has 2 amide bonds. The van der Waals surface area contributed by atoms with Gasteiger partial charge in [0, 0.05) is 29.6 Å². The van der Waals surface area contributed by atoms with E-state index in [1.807, 2.05) is 25.1 Å². The fourth-order valence-electron chi connectivity index (χ4n) is 2.31. The quantitative estimate of drug-likeness (QED) is 0.726. The van der Waals surface area contributed by atoms with Crippen molar-refractivity contribution in [1.29, 1.82) is 0 Å².